The lowest BCUT2D eigenvalue weighted by atomic mass is 10.0. The molecule has 280 valence electrons. The molecule has 15 nitrogen and oxygen atoms in total. The van der Waals surface area contributed by atoms with Crippen molar-refractivity contribution in [2.75, 3.05) is 6.54 Å². The highest BCUT2D eigenvalue weighted by atomic mass is 32.2. The summed E-state index contributed by atoms with van der Waals surface area (Å²) in [6.07, 6.45) is 2.79. The van der Waals surface area contributed by atoms with E-state index in [2.05, 4.69) is 47.4 Å². The van der Waals surface area contributed by atoms with Crippen LogP contribution in [0.2, 0.25) is 0 Å². The maximum Gasteiger partial charge on any atom is 0.272 e. The third kappa shape index (κ3) is 7.28. The predicted molar refractivity (Wildman–Crippen MR) is 188 cm³/mol. The van der Waals surface area contributed by atoms with Crippen molar-refractivity contribution in [3.05, 3.63) is 46.7 Å². The number of carbonyl (C=O) groups excluding carboxylic acids is 4. The molecule has 5 unspecified atom stereocenters. The Kier molecular flexibility index (Phi) is 9.60. The Morgan fingerprint density at radius 2 is 1.89 bits per heavy atom. The van der Waals surface area contributed by atoms with Gasteiger partial charge in [-0.3, -0.25) is 29.0 Å². The van der Waals surface area contributed by atoms with Crippen LogP contribution in [0.25, 0.3) is 11.0 Å². The second-order valence-electron chi connectivity index (χ2n) is 14.4. The first-order valence-electron chi connectivity index (χ1n) is 17.9. The molecule has 4 amide bonds. The number of benzene rings is 1. The highest BCUT2D eigenvalue weighted by Crippen LogP contribution is 2.44. The van der Waals surface area contributed by atoms with Crippen LogP contribution in [0.4, 0.5) is 4.39 Å². The van der Waals surface area contributed by atoms with Crippen molar-refractivity contribution < 1.29 is 36.7 Å². The molecule has 3 aromatic rings. The second-order valence-corrected chi connectivity index (χ2v) is 16.3. The molecule has 2 aliphatic heterocycles. The number of ether oxygens (including phenoxy) is 1. The van der Waals surface area contributed by atoms with Gasteiger partial charge in [0.1, 0.15) is 34.9 Å². The standard InChI is InChI=1S/C36H41FN8O7S/c1-19-20(2)42-43-29(19)32(47)39-27-12-8-6-4-5-7-10-22-17-36(22,35(49)44-53(50,51)24-14-15-24)41-31(46)28-16-23(18-45(28)34(27)48)52-33-21(3)38-26-13-9-11-25(37)30(26)40-33/h9,11,13,22-24,27-28H,4-6,8,12,14-18H2,1-3H3,(H,39,47)(H,41,46)(H,42,43)(H,44,49). The largest absolute Gasteiger partial charge is 0.471 e. The second kappa shape index (κ2) is 14.0. The SMILES string of the molecule is Cc1nc2cccc(F)c2nc1OC1CC2C(=O)NC3(C(=O)NS(=O)(=O)C4CC4)CC3C#CCCCCCC(NC(=O)c3n[nH]c(C)c3C)C(=O)N2C1. The number of nitrogens with zero attached hydrogens (tertiary/aromatic N) is 4. The van der Waals surface area contributed by atoms with Crippen LogP contribution < -0.4 is 20.1 Å². The molecular formula is C36H41FN8O7S. The summed E-state index contributed by atoms with van der Waals surface area (Å²) in [7, 11) is -3.94. The Morgan fingerprint density at radius 3 is 2.62 bits per heavy atom. The molecular weight excluding hydrogens is 708 g/mol. The average molecular weight is 749 g/mol. The molecule has 53 heavy (non-hydrogen) atoms. The normalized spacial score (nSPS) is 26.2. The molecule has 0 radical (unpaired) electrons. The van der Waals surface area contributed by atoms with E-state index in [-0.39, 0.29) is 42.9 Å². The number of hydrogen-bond donors (Lipinski definition) is 4. The number of sulfonamides is 1. The molecule has 2 aliphatic carbocycles. The zero-order chi connectivity index (χ0) is 37.7. The molecule has 1 aromatic carbocycles. The third-order valence-corrected chi connectivity index (χ3v) is 12.3. The first-order valence-corrected chi connectivity index (χ1v) is 19.4. The van der Waals surface area contributed by atoms with Crippen LogP contribution in [0, 0.1) is 44.3 Å². The van der Waals surface area contributed by atoms with E-state index >= 15 is 0 Å². The van der Waals surface area contributed by atoms with E-state index in [0.717, 1.165) is 0 Å². The van der Waals surface area contributed by atoms with Crippen LogP contribution in [-0.4, -0.2) is 92.6 Å². The lowest BCUT2D eigenvalue weighted by Gasteiger charge is -2.29. The van der Waals surface area contributed by atoms with Crippen LogP contribution in [0.5, 0.6) is 5.88 Å². The van der Waals surface area contributed by atoms with Gasteiger partial charge < -0.3 is 20.3 Å². The lowest BCUT2D eigenvalue weighted by Crippen LogP contribution is -2.58. The quantitative estimate of drug-likeness (QED) is 0.259. The molecule has 5 atom stereocenters. The van der Waals surface area contributed by atoms with E-state index in [1.54, 1.807) is 26.8 Å². The minimum absolute atomic E-state index is 0.00331. The van der Waals surface area contributed by atoms with E-state index < -0.39 is 74.4 Å². The smallest absolute Gasteiger partial charge is 0.272 e. The number of amides is 4. The van der Waals surface area contributed by atoms with Crippen molar-refractivity contribution in [3.8, 4) is 17.7 Å². The average Bonchev–Trinajstić information content (AvgIpc) is 4.02. The molecule has 0 spiro atoms. The summed E-state index contributed by atoms with van der Waals surface area (Å²) < 4.78 is 48.6. The highest BCUT2D eigenvalue weighted by Gasteiger charge is 2.63. The maximum atomic E-state index is 14.7. The number of aryl methyl sites for hydroxylation is 2. The summed E-state index contributed by atoms with van der Waals surface area (Å²) in [6.45, 7) is 5.06. The van der Waals surface area contributed by atoms with Gasteiger partial charge in [-0.15, -0.1) is 5.92 Å². The summed E-state index contributed by atoms with van der Waals surface area (Å²) in [6, 6.07) is 2.15. The molecule has 7 rings (SSSR count). The number of rotatable bonds is 7. The number of para-hydroxylation sites is 1. The zero-order valence-electron chi connectivity index (χ0n) is 29.6. The Labute approximate surface area is 305 Å². The monoisotopic (exact) mass is 748 g/mol. The van der Waals surface area contributed by atoms with Gasteiger partial charge in [0.2, 0.25) is 27.7 Å². The number of aromatic nitrogens is 4. The molecule has 4 heterocycles. The van der Waals surface area contributed by atoms with Crippen molar-refractivity contribution >= 4 is 44.7 Å². The van der Waals surface area contributed by atoms with E-state index in [1.807, 2.05) is 0 Å². The van der Waals surface area contributed by atoms with Gasteiger partial charge in [-0.2, -0.15) is 5.10 Å². The first kappa shape index (κ1) is 36.3. The van der Waals surface area contributed by atoms with Gasteiger partial charge in [0.05, 0.1) is 23.2 Å². The van der Waals surface area contributed by atoms with Gasteiger partial charge in [0.25, 0.3) is 11.8 Å². The Morgan fingerprint density at radius 1 is 1.09 bits per heavy atom. The summed E-state index contributed by atoms with van der Waals surface area (Å²) in [4.78, 5) is 66.0. The molecule has 4 aliphatic rings. The molecule has 4 N–H and O–H groups in total. The third-order valence-electron chi connectivity index (χ3n) is 10.5. The van der Waals surface area contributed by atoms with Crippen LogP contribution in [-0.2, 0) is 24.4 Å². The van der Waals surface area contributed by atoms with Crippen LogP contribution in [0.3, 0.4) is 0 Å². The van der Waals surface area contributed by atoms with Crippen molar-refractivity contribution in [2.45, 2.75) is 108 Å². The first-order chi connectivity index (χ1) is 25.3. The Bertz CT molecular complexity index is 2180. The molecule has 1 saturated heterocycles. The van der Waals surface area contributed by atoms with Crippen LogP contribution in [0.15, 0.2) is 18.2 Å². The van der Waals surface area contributed by atoms with Gasteiger partial charge in [0, 0.05) is 24.1 Å². The summed E-state index contributed by atoms with van der Waals surface area (Å²) in [5, 5.41) is 11.8. The van der Waals surface area contributed by atoms with Gasteiger partial charge in [-0.1, -0.05) is 24.8 Å². The van der Waals surface area contributed by atoms with Crippen LogP contribution >= 0.6 is 0 Å². The predicted octanol–water partition coefficient (Wildman–Crippen LogP) is 2.01. The maximum absolute atomic E-state index is 14.7. The molecule has 3 fully saturated rings. The fourth-order valence-corrected chi connectivity index (χ4v) is 8.32. The van der Waals surface area contributed by atoms with E-state index in [9.17, 15) is 32.0 Å². The number of halogens is 1. The number of aromatic amines is 1. The lowest BCUT2D eigenvalue weighted by molar-refractivity contribution is -0.141. The summed E-state index contributed by atoms with van der Waals surface area (Å²) >= 11 is 0. The number of nitrogens with one attached hydrogen (secondary N) is 4. The van der Waals surface area contributed by atoms with Crippen molar-refractivity contribution in [3.63, 3.8) is 0 Å². The molecule has 0 bridgehead atoms. The minimum atomic E-state index is -3.94. The number of carbonyl (C=O) groups is 4. The fourth-order valence-electron chi connectivity index (χ4n) is 6.95. The molecule has 2 aromatic heterocycles. The Hall–Kier alpha value is -5.11. The van der Waals surface area contributed by atoms with E-state index in [4.69, 9.17) is 4.74 Å². The van der Waals surface area contributed by atoms with Crippen molar-refractivity contribution in [2.24, 2.45) is 5.92 Å². The minimum Gasteiger partial charge on any atom is -0.471 e. The van der Waals surface area contributed by atoms with Crippen molar-refractivity contribution in [1.29, 1.82) is 0 Å². The Balaban J connectivity index is 1.20. The van der Waals surface area contributed by atoms with E-state index in [0.29, 0.717) is 61.0 Å². The van der Waals surface area contributed by atoms with Gasteiger partial charge >= 0.3 is 0 Å². The van der Waals surface area contributed by atoms with Crippen LogP contribution in [0.1, 0.15) is 85.2 Å². The number of H-pyrrole nitrogens is 1. The summed E-state index contributed by atoms with van der Waals surface area (Å²) in [5.41, 5.74) is 0.548. The fraction of sp³-hybridized carbons (Fsp3) is 0.528. The van der Waals surface area contributed by atoms with Gasteiger partial charge in [0.15, 0.2) is 11.5 Å². The molecule has 2 saturated carbocycles. The topological polar surface area (TPSA) is 205 Å². The van der Waals surface area contributed by atoms with Gasteiger partial charge in [-0.05, 0) is 65.0 Å². The highest BCUT2D eigenvalue weighted by molar-refractivity contribution is 7.91. The zero-order valence-corrected chi connectivity index (χ0v) is 30.4. The van der Waals surface area contributed by atoms with Gasteiger partial charge in [-0.25, -0.2) is 22.8 Å². The summed E-state index contributed by atoms with van der Waals surface area (Å²) in [5.74, 6) is 2.24. The molecule has 17 heteroatoms. The number of fused-ring (bicyclic) bond motifs is 3. The van der Waals surface area contributed by atoms with Crippen molar-refractivity contribution in [1.82, 2.24) is 40.4 Å². The van der Waals surface area contributed by atoms with E-state index in [1.165, 1.54) is 17.0 Å². The number of hydrogen-bond acceptors (Lipinski definition) is 10.